The zero-order valence-electron chi connectivity index (χ0n) is 18.1. The van der Waals surface area contributed by atoms with Crippen molar-refractivity contribution in [2.24, 2.45) is 0 Å². The molecule has 3 heterocycles. The molecule has 9 nitrogen and oxygen atoms in total. The average Bonchev–Trinajstić information content (AvgIpc) is 3.22. The first-order valence-corrected chi connectivity index (χ1v) is 11.5. The van der Waals surface area contributed by atoms with Gasteiger partial charge in [-0.1, -0.05) is 0 Å². The van der Waals surface area contributed by atoms with Crippen molar-refractivity contribution in [3.63, 3.8) is 0 Å². The SMILES string of the molecule is COc1ccc(S(=O)(=O)N2CCN(c3cc(-n4ccc(C)n4)ncn3)CC2)c(C)c1C. The molecule has 1 fully saturated rings. The predicted molar refractivity (Wildman–Crippen MR) is 117 cm³/mol. The van der Waals surface area contributed by atoms with E-state index >= 15 is 0 Å². The van der Waals surface area contributed by atoms with Gasteiger partial charge in [0.05, 0.1) is 17.7 Å². The lowest BCUT2D eigenvalue weighted by Crippen LogP contribution is -2.49. The number of piperazine rings is 1. The van der Waals surface area contributed by atoms with Gasteiger partial charge in [-0.15, -0.1) is 0 Å². The van der Waals surface area contributed by atoms with Crippen molar-refractivity contribution < 1.29 is 13.2 Å². The Kier molecular flexibility index (Phi) is 5.67. The van der Waals surface area contributed by atoms with Crippen LogP contribution in [0.4, 0.5) is 5.82 Å². The number of anilines is 1. The molecule has 0 aliphatic carbocycles. The lowest BCUT2D eigenvalue weighted by atomic mass is 10.1. The molecule has 1 saturated heterocycles. The van der Waals surface area contributed by atoms with E-state index in [1.807, 2.05) is 39.1 Å². The molecule has 0 atom stereocenters. The Morgan fingerprint density at radius 1 is 0.935 bits per heavy atom. The van der Waals surface area contributed by atoms with Gasteiger partial charge in [0.1, 0.15) is 17.9 Å². The van der Waals surface area contributed by atoms with Crippen molar-refractivity contribution in [2.45, 2.75) is 25.7 Å². The molecular weight excluding hydrogens is 416 g/mol. The van der Waals surface area contributed by atoms with Crippen molar-refractivity contribution in [2.75, 3.05) is 38.2 Å². The topological polar surface area (TPSA) is 93.5 Å². The van der Waals surface area contributed by atoms with Crippen LogP contribution in [-0.4, -0.2) is 65.8 Å². The number of aryl methyl sites for hydroxylation is 1. The molecule has 2 aromatic heterocycles. The standard InChI is InChI=1S/C21H26N6O3S/c1-15-7-8-27(24-15)21-13-20(22-14-23-21)25-9-11-26(12-10-25)31(28,29)19-6-5-18(30-4)16(2)17(19)3/h5-8,13-14H,9-12H2,1-4H3. The van der Waals surface area contributed by atoms with Gasteiger partial charge in [0, 0.05) is 38.4 Å². The summed E-state index contributed by atoms with van der Waals surface area (Å²) >= 11 is 0. The van der Waals surface area contributed by atoms with E-state index in [4.69, 9.17) is 4.74 Å². The number of methoxy groups -OCH3 is 1. The van der Waals surface area contributed by atoms with E-state index in [9.17, 15) is 8.42 Å². The van der Waals surface area contributed by atoms with Crippen LogP contribution in [0.5, 0.6) is 5.75 Å². The minimum Gasteiger partial charge on any atom is -0.496 e. The number of hydrogen-bond acceptors (Lipinski definition) is 7. The van der Waals surface area contributed by atoms with Crippen molar-refractivity contribution in [3.8, 4) is 11.6 Å². The maximum atomic E-state index is 13.3. The molecule has 0 unspecified atom stereocenters. The predicted octanol–water partition coefficient (Wildman–Crippen LogP) is 2.11. The molecular formula is C21H26N6O3S. The monoisotopic (exact) mass is 442 g/mol. The van der Waals surface area contributed by atoms with Crippen molar-refractivity contribution in [1.82, 2.24) is 24.1 Å². The van der Waals surface area contributed by atoms with E-state index in [-0.39, 0.29) is 0 Å². The summed E-state index contributed by atoms with van der Waals surface area (Å²) in [5.41, 5.74) is 2.46. The molecule has 31 heavy (non-hydrogen) atoms. The molecule has 164 valence electrons. The van der Waals surface area contributed by atoms with Crippen molar-refractivity contribution in [1.29, 1.82) is 0 Å². The van der Waals surface area contributed by atoms with Gasteiger partial charge >= 0.3 is 0 Å². The van der Waals surface area contributed by atoms with Gasteiger partial charge in [-0.3, -0.25) is 0 Å². The minimum atomic E-state index is -3.59. The van der Waals surface area contributed by atoms with Crippen molar-refractivity contribution >= 4 is 15.8 Å². The lowest BCUT2D eigenvalue weighted by Gasteiger charge is -2.35. The average molecular weight is 443 g/mol. The van der Waals surface area contributed by atoms with Crippen LogP contribution in [0.2, 0.25) is 0 Å². The van der Waals surface area contributed by atoms with Crippen molar-refractivity contribution in [3.05, 3.63) is 53.6 Å². The Hall–Kier alpha value is -2.98. The normalized spacial score (nSPS) is 15.3. The van der Waals surface area contributed by atoms with E-state index in [2.05, 4.69) is 20.0 Å². The molecule has 0 radical (unpaired) electrons. The van der Waals surface area contributed by atoms with Crippen LogP contribution in [0.1, 0.15) is 16.8 Å². The fraction of sp³-hybridized carbons (Fsp3) is 0.381. The van der Waals surface area contributed by atoms with Gasteiger partial charge in [-0.25, -0.2) is 23.1 Å². The highest BCUT2D eigenvalue weighted by atomic mass is 32.2. The quantitative estimate of drug-likeness (QED) is 0.597. The minimum absolute atomic E-state index is 0.331. The summed E-state index contributed by atoms with van der Waals surface area (Å²) in [7, 11) is -2.01. The molecule has 4 rings (SSSR count). The maximum absolute atomic E-state index is 13.3. The zero-order valence-corrected chi connectivity index (χ0v) is 18.9. The Balaban J connectivity index is 1.51. The molecule has 0 bridgehead atoms. The van der Waals surface area contributed by atoms with Crippen LogP contribution in [0.3, 0.4) is 0 Å². The van der Waals surface area contributed by atoms with Gasteiger partial charge in [-0.05, 0) is 50.1 Å². The Labute approximate surface area is 182 Å². The highest BCUT2D eigenvalue weighted by molar-refractivity contribution is 7.89. The third-order valence-corrected chi connectivity index (χ3v) is 7.73. The molecule has 3 aromatic rings. The molecule has 0 spiro atoms. The third-order valence-electron chi connectivity index (χ3n) is 5.68. The highest BCUT2D eigenvalue weighted by Gasteiger charge is 2.31. The lowest BCUT2D eigenvalue weighted by molar-refractivity contribution is 0.383. The van der Waals surface area contributed by atoms with Gasteiger partial charge in [0.15, 0.2) is 5.82 Å². The molecule has 0 N–H and O–H groups in total. The van der Waals surface area contributed by atoms with Gasteiger partial charge in [0.25, 0.3) is 0 Å². The largest absolute Gasteiger partial charge is 0.496 e. The van der Waals surface area contributed by atoms with Gasteiger partial charge < -0.3 is 9.64 Å². The van der Waals surface area contributed by atoms with E-state index in [1.54, 1.807) is 23.9 Å². The molecule has 1 aliphatic rings. The third kappa shape index (κ3) is 4.00. The van der Waals surface area contributed by atoms with Crippen LogP contribution < -0.4 is 9.64 Å². The molecule has 1 aliphatic heterocycles. The van der Waals surface area contributed by atoms with Crippen LogP contribution >= 0.6 is 0 Å². The number of sulfonamides is 1. The molecule has 1 aromatic carbocycles. The summed E-state index contributed by atoms with van der Waals surface area (Å²) in [6.45, 7) is 7.47. The highest BCUT2D eigenvalue weighted by Crippen LogP contribution is 2.29. The maximum Gasteiger partial charge on any atom is 0.243 e. The van der Waals surface area contributed by atoms with E-state index in [0.717, 1.165) is 22.6 Å². The summed E-state index contributed by atoms with van der Waals surface area (Å²) < 4.78 is 35.1. The first-order valence-electron chi connectivity index (χ1n) is 10.0. The summed E-state index contributed by atoms with van der Waals surface area (Å²) in [5, 5.41) is 4.38. The van der Waals surface area contributed by atoms with E-state index in [0.29, 0.717) is 42.6 Å². The van der Waals surface area contributed by atoms with E-state index in [1.165, 1.54) is 10.6 Å². The second kappa shape index (κ2) is 8.27. The summed E-state index contributed by atoms with van der Waals surface area (Å²) in [6.07, 6.45) is 3.36. The molecule has 0 amide bonds. The van der Waals surface area contributed by atoms with Crippen LogP contribution in [0.15, 0.2) is 41.7 Å². The van der Waals surface area contributed by atoms with Crippen LogP contribution in [0.25, 0.3) is 5.82 Å². The fourth-order valence-corrected chi connectivity index (χ4v) is 5.45. The fourth-order valence-electron chi connectivity index (χ4n) is 3.75. The zero-order chi connectivity index (χ0) is 22.2. The number of benzene rings is 1. The first-order chi connectivity index (χ1) is 14.8. The number of hydrogen-bond donors (Lipinski definition) is 0. The van der Waals surface area contributed by atoms with E-state index < -0.39 is 10.0 Å². The molecule has 0 saturated carbocycles. The summed E-state index contributed by atoms with van der Waals surface area (Å²) in [5.74, 6) is 2.12. The number of aromatic nitrogens is 4. The Morgan fingerprint density at radius 2 is 1.65 bits per heavy atom. The number of ether oxygens (including phenoxy) is 1. The second-order valence-corrected chi connectivity index (χ2v) is 9.45. The molecule has 10 heteroatoms. The summed E-state index contributed by atoms with van der Waals surface area (Å²) in [6, 6.07) is 7.12. The Morgan fingerprint density at radius 3 is 2.29 bits per heavy atom. The van der Waals surface area contributed by atoms with Crippen LogP contribution in [0, 0.1) is 20.8 Å². The number of rotatable bonds is 5. The number of nitrogens with zero attached hydrogens (tertiary/aromatic N) is 6. The smallest absolute Gasteiger partial charge is 0.243 e. The summed E-state index contributed by atoms with van der Waals surface area (Å²) in [4.78, 5) is 11.1. The van der Waals surface area contributed by atoms with Gasteiger partial charge in [0.2, 0.25) is 10.0 Å². The Bertz CT molecular complexity index is 1200. The van der Waals surface area contributed by atoms with Crippen LogP contribution in [-0.2, 0) is 10.0 Å². The van der Waals surface area contributed by atoms with Gasteiger partial charge in [-0.2, -0.15) is 9.40 Å². The second-order valence-electron chi connectivity index (χ2n) is 7.54. The first kappa shape index (κ1) is 21.3.